The highest BCUT2D eigenvalue weighted by Crippen LogP contribution is 2.33. The molecule has 27 heavy (non-hydrogen) atoms. The van der Waals surface area contributed by atoms with Crippen molar-refractivity contribution in [3.63, 3.8) is 0 Å². The predicted octanol–water partition coefficient (Wildman–Crippen LogP) is 2.79. The van der Waals surface area contributed by atoms with E-state index in [1.165, 1.54) is 0 Å². The Morgan fingerprint density at radius 2 is 1.78 bits per heavy atom. The first-order chi connectivity index (χ1) is 12.9. The van der Waals surface area contributed by atoms with E-state index >= 15 is 0 Å². The van der Waals surface area contributed by atoms with Gasteiger partial charge in [-0.3, -0.25) is 4.79 Å². The van der Waals surface area contributed by atoms with E-state index in [2.05, 4.69) is 10.4 Å². The van der Waals surface area contributed by atoms with Crippen molar-refractivity contribution in [2.24, 2.45) is 0 Å². The first kappa shape index (κ1) is 17.5. The van der Waals surface area contributed by atoms with Gasteiger partial charge in [-0.05, 0) is 24.6 Å². The van der Waals surface area contributed by atoms with Gasteiger partial charge < -0.3 is 5.32 Å². The predicted molar refractivity (Wildman–Crippen MR) is 103 cm³/mol. The maximum Gasteiger partial charge on any atom is 0.229 e. The Morgan fingerprint density at radius 1 is 1.07 bits per heavy atom. The highest BCUT2D eigenvalue weighted by Gasteiger charge is 2.33. The minimum atomic E-state index is -3.21. The monoisotopic (exact) mass is 381 g/mol. The summed E-state index contributed by atoms with van der Waals surface area (Å²) in [4.78, 5) is 12.6. The Kier molecular flexibility index (Phi) is 4.31. The molecule has 1 aliphatic rings. The normalized spacial score (nSPS) is 14.7. The summed E-state index contributed by atoms with van der Waals surface area (Å²) in [5.74, 6) is 0.0372. The SMILES string of the molecule is Cc1ccc(-n2nc3c(c2NC(=O)Cc2ccccc2)CS(=O)(=O)C3)cc1. The molecular weight excluding hydrogens is 362 g/mol. The molecule has 7 heteroatoms. The van der Waals surface area contributed by atoms with Crippen molar-refractivity contribution in [3.05, 3.63) is 77.0 Å². The molecule has 0 aliphatic carbocycles. The van der Waals surface area contributed by atoms with Gasteiger partial charge in [0.05, 0.1) is 29.3 Å². The van der Waals surface area contributed by atoms with Crippen LogP contribution in [0.15, 0.2) is 54.6 Å². The van der Waals surface area contributed by atoms with Gasteiger partial charge in [0, 0.05) is 5.56 Å². The zero-order valence-corrected chi connectivity index (χ0v) is 15.7. The number of anilines is 1. The second kappa shape index (κ2) is 6.66. The third-order valence-corrected chi connectivity index (χ3v) is 5.97. The fraction of sp³-hybridized carbons (Fsp3) is 0.200. The molecule has 0 bridgehead atoms. The molecule has 1 N–H and O–H groups in total. The number of aromatic nitrogens is 2. The third-order valence-electron chi connectivity index (χ3n) is 4.53. The second-order valence-corrected chi connectivity index (χ2v) is 8.83. The molecule has 4 rings (SSSR count). The molecule has 0 saturated heterocycles. The highest BCUT2D eigenvalue weighted by atomic mass is 32.2. The molecule has 0 spiro atoms. The van der Waals surface area contributed by atoms with E-state index < -0.39 is 9.84 Å². The van der Waals surface area contributed by atoms with Crippen LogP contribution < -0.4 is 5.32 Å². The summed E-state index contributed by atoms with van der Waals surface area (Å²) in [5.41, 5.74) is 3.86. The summed E-state index contributed by atoms with van der Waals surface area (Å²) in [6.07, 6.45) is 0.210. The Labute approximate surface area is 157 Å². The lowest BCUT2D eigenvalue weighted by Gasteiger charge is -2.11. The molecular formula is C20H19N3O3S. The quantitative estimate of drug-likeness (QED) is 0.753. The number of benzene rings is 2. The number of sulfone groups is 1. The molecule has 6 nitrogen and oxygen atoms in total. The van der Waals surface area contributed by atoms with Crippen LogP contribution in [-0.2, 0) is 32.6 Å². The number of nitrogens with zero attached hydrogens (tertiary/aromatic N) is 2. The fourth-order valence-electron chi connectivity index (χ4n) is 3.20. The number of rotatable bonds is 4. The van der Waals surface area contributed by atoms with Crippen LogP contribution in [0.4, 0.5) is 5.82 Å². The maximum atomic E-state index is 12.6. The molecule has 1 aromatic heterocycles. The molecule has 0 saturated carbocycles. The van der Waals surface area contributed by atoms with E-state index in [1.807, 2.05) is 61.5 Å². The number of hydrogen-bond donors (Lipinski definition) is 1. The number of carbonyl (C=O) groups is 1. The average Bonchev–Trinajstić information content (AvgIpc) is 3.09. The molecule has 0 atom stereocenters. The van der Waals surface area contributed by atoms with E-state index in [0.717, 1.165) is 16.8 Å². The number of fused-ring (bicyclic) bond motifs is 1. The summed E-state index contributed by atoms with van der Waals surface area (Å²) >= 11 is 0. The molecule has 0 fully saturated rings. The van der Waals surface area contributed by atoms with Gasteiger partial charge in [-0.25, -0.2) is 13.1 Å². The summed E-state index contributed by atoms with van der Waals surface area (Å²) in [6, 6.07) is 17.1. The Bertz CT molecular complexity index is 1100. The maximum absolute atomic E-state index is 12.6. The largest absolute Gasteiger partial charge is 0.310 e. The molecule has 1 aliphatic heterocycles. The minimum absolute atomic E-state index is 0.0945. The lowest BCUT2D eigenvalue weighted by atomic mass is 10.1. The lowest BCUT2D eigenvalue weighted by molar-refractivity contribution is -0.115. The molecule has 1 amide bonds. The van der Waals surface area contributed by atoms with Gasteiger partial charge in [-0.2, -0.15) is 5.10 Å². The van der Waals surface area contributed by atoms with Gasteiger partial charge in [0.1, 0.15) is 5.82 Å². The van der Waals surface area contributed by atoms with Gasteiger partial charge in [0.25, 0.3) is 0 Å². The van der Waals surface area contributed by atoms with Gasteiger partial charge in [-0.15, -0.1) is 0 Å². The van der Waals surface area contributed by atoms with Crippen LogP contribution in [-0.4, -0.2) is 24.1 Å². The zero-order valence-electron chi connectivity index (χ0n) is 14.8. The molecule has 138 valence electrons. The number of nitrogens with one attached hydrogen (secondary N) is 1. The molecule has 3 aromatic rings. The number of carbonyl (C=O) groups excluding carboxylic acids is 1. The van der Waals surface area contributed by atoms with E-state index in [9.17, 15) is 13.2 Å². The zero-order chi connectivity index (χ0) is 19.0. The Hall–Kier alpha value is -2.93. The second-order valence-electron chi connectivity index (χ2n) is 6.76. The molecule has 2 heterocycles. The van der Waals surface area contributed by atoms with E-state index in [-0.39, 0.29) is 23.8 Å². The van der Waals surface area contributed by atoms with Crippen LogP contribution in [0.1, 0.15) is 22.4 Å². The van der Waals surface area contributed by atoms with Crippen LogP contribution in [0.5, 0.6) is 0 Å². The van der Waals surface area contributed by atoms with Crippen LogP contribution in [0.2, 0.25) is 0 Å². The summed E-state index contributed by atoms with van der Waals surface area (Å²) in [6.45, 7) is 1.99. The van der Waals surface area contributed by atoms with E-state index in [0.29, 0.717) is 17.1 Å². The minimum Gasteiger partial charge on any atom is -0.310 e. The van der Waals surface area contributed by atoms with Crippen LogP contribution >= 0.6 is 0 Å². The first-order valence-electron chi connectivity index (χ1n) is 8.63. The van der Waals surface area contributed by atoms with Gasteiger partial charge in [0.15, 0.2) is 9.84 Å². The molecule has 0 radical (unpaired) electrons. The molecule has 0 unspecified atom stereocenters. The molecule has 2 aromatic carbocycles. The summed E-state index contributed by atoms with van der Waals surface area (Å²) in [5, 5.41) is 7.36. The van der Waals surface area contributed by atoms with E-state index in [4.69, 9.17) is 0 Å². The topological polar surface area (TPSA) is 81.1 Å². The summed E-state index contributed by atoms with van der Waals surface area (Å²) < 4.78 is 25.6. The van der Waals surface area contributed by atoms with Gasteiger partial charge >= 0.3 is 0 Å². The van der Waals surface area contributed by atoms with Crippen molar-refractivity contribution in [2.75, 3.05) is 5.32 Å². The third kappa shape index (κ3) is 3.64. The van der Waals surface area contributed by atoms with Crippen LogP contribution in [0.25, 0.3) is 5.69 Å². The first-order valence-corrected chi connectivity index (χ1v) is 10.5. The lowest BCUT2D eigenvalue weighted by Crippen LogP contribution is -2.18. The number of amides is 1. The summed E-state index contributed by atoms with van der Waals surface area (Å²) in [7, 11) is -3.21. The smallest absolute Gasteiger partial charge is 0.229 e. The van der Waals surface area contributed by atoms with Gasteiger partial charge in [0.2, 0.25) is 5.91 Å². The van der Waals surface area contributed by atoms with Crippen LogP contribution in [0, 0.1) is 6.92 Å². The highest BCUT2D eigenvalue weighted by molar-refractivity contribution is 7.90. The van der Waals surface area contributed by atoms with Crippen molar-refractivity contribution in [1.82, 2.24) is 9.78 Å². The van der Waals surface area contributed by atoms with Crippen LogP contribution in [0.3, 0.4) is 0 Å². The van der Waals surface area contributed by atoms with E-state index in [1.54, 1.807) is 4.68 Å². The van der Waals surface area contributed by atoms with Crippen molar-refractivity contribution >= 4 is 21.6 Å². The average molecular weight is 381 g/mol. The number of aryl methyl sites for hydroxylation is 1. The standard InChI is InChI=1S/C20H19N3O3S/c1-14-7-9-16(10-8-14)23-20(17-12-27(25,26)13-18(17)22-23)21-19(24)11-15-5-3-2-4-6-15/h2-10H,11-13H2,1H3,(H,21,24). The van der Waals surface area contributed by atoms with Crippen molar-refractivity contribution in [3.8, 4) is 5.69 Å². The Balaban J connectivity index is 1.69. The van der Waals surface area contributed by atoms with Crippen molar-refractivity contribution in [1.29, 1.82) is 0 Å². The van der Waals surface area contributed by atoms with Crippen molar-refractivity contribution in [2.45, 2.75) is 24.9 Å². The number of hydrogen-bond acceptors (Lipinski definition) is 4. The van der Waals surface area contributed by atoms with Gasteiger partial charge in [-0.1, -0.05) is 48.0 Å². The van der Waals surface area contributed by atoms with Crippen molar-refractivity contribution < 1.29 is 13.2 Å². The Morgan fingerprint density at radius 3 is 2.48 bits per heavy atom. The fourth-order valence-corrected chi connectivity index (χ4v) is 4.69.